The number of nitrogens with one attached hydrogen (secondary N) is 1. The second-order valence-electron chi connectivity index (χ2n) is 7.47. The van der Waals surface area contributed by atoms with Crippen molar-refractivity contribution >= 4 is 63.3 Å². The second kappa shape index (κ2) is 10.9. The summed E-state index contributed by atoms with van der Waals surface area (Å²) in [5.74, 6) is -0.432. The van der Waals surface area contributed by atoms with E-state index < -0.39 is 5.25 Å². The quantitative estimate of drug-likeness (QED) is 0.441. The number of hydrogen-bond acceptors (Lipinski definition) is 4. The molecule has 0 bridgehead atoms. The standard InChI is InChI=1S/C25H21Cl2N3O2S/c26-18-13-19(27)15-21(14-18)28-24(32)22-16-23(31)30(12-11-17-7-3-1-4-8-17)25(33-22)29-20-9-5-2-6-10-20/h1-10,13-15,22H,11-12,16H2,(H,28,32). The number of nitrogens with zero attached hydrogens (tertiary/aromatic N) is 2. The highest BCUT2D eigenvalue weighted by atomic mass is 35.5. The molecule has 8 heteroatoms. The van der Waals surface area contributed by atoms with E-state index in [0.29, 0.717) is 33.9 Å². The van der Waals surface area contributed by atoms with Crippen LogP contribution >= 0.6 is 35.0 Å². The average Bonchev–Trinajstić information content (AvgIpc) is 2.79. The van der Waals surface area contributed by atoms with Gasteiger partial charge < -0.3 is 5.32 Å². The Morgan fingerprint density at radius 3 is 2.30 bits per heavy atom. The second-order valence-corrected chi connectivity index (χ2v) is 9.51. The Morgan fingerprint density at radius 1 is 1.00 bits per heavy atom. The largest absolute Gasteiger partial charge is 0.325 e. The van der Waals surface area contributed by atoms with E-state index in [9.17, 15) is 9.59 Å². The zero-order chi connectivity index (χ0) is 23.2. The maximum Gasteiger partial charge on any atom is 0.238 e. The number of aliphatic imine (C=N–C) groups is 1. The SMILES string of the molecule is O=C(Nc1cc(Cl)cc(Cl)c1)C1CC(=O)N(CCc2ccccc2)C(=Nc2ccccc2)S1. The van der Waals surface area contributed by atoms with Gasteiger partial charge in [-0.15, -0.1) is 0 Å². The van der Waals surface area contributed by atoms with E-state index in [1.54, 1.807) is 23.1 Å². The van der Waals surface area contributed by atoms with Crippen molar-refractivity contribution in [3.63, 3.8) is 0 Å². The lowest BCUT2D eigenvalue weighted by Gasteiger charge is -2.32. The molecule has 0 saturated carbocycles. The van der Waals surface area contributed by atoms with Crippen LogP contribution < -0.4 is 5.32 Å². The van der Waals surface area contributed by atoms with E-state index in [0.717, 1.165) is 11.3 Å². The van der Waals surface area contributed by atoms with Crippen LogP contribution in [0.25, 0.3) is 0 Å². The lowest BCUT2D eigenvalue weighted by Crippen LogP contribution is -2.46. The van der Waals surface area contributed by atoms with Crippen molar-refractivity contribution < 1.29 is 9.59 Å². The third-order valence-electron chi connectivity index (χ3n) is 5.01. The first-order valence-corrected chi connectivity index (χ1v) is 12.0. The van der Waals surface area contributed by atoms with Gasteiger partial charge >= 0.3 is 0 Å². The summed E-state index contributed by atoms with van der Waals surface area (Å²) >= 11 is 13.4. The maximum atomic E-state index is 13.1. The highest BCUT2D eigenvalue weighted by Gasteiger charge is 2.35. The maximum absolute atomic E-state index is 13.1. The zero-order valence-corrected chi connectivity index (χ0v) is 19.9. The van der Waals surface area contributed by atoms with Crippen molar-refractivity contribution in [1.82, 2.24) is 4.90 Å². The predicted molar refractivity (Wildman–Crippen MR) is 136 cm³/mol. The Morgan fingerprint density at radius 2 is 1.64 bits per heavy atom. The fraction of sp³-hybridized carbons (Fsp3) is 0.160. The zero-order valence-electron chi connectivity index (χ0n) is 17.6. The van der Waals surface area contributed by atoms with Crippen molar-refractivity contribution in [2.24, 2.45) is 4.99 Å². The van der Waals surface area contributed by atoms with E-state index in [-0.39, 0.29) is 18.2 Å². The van der Waals surface area contributed by atoms with Crippen LogP contribution in [-0.2, 0) is 16.0 Å². The summed E-state index contributed by atoms with van der Waals surface area (Å²) in [6.07, 6.45) is 0.770. The van der Waals surface area contributed by atoms with Gasteiger partial charge in [-0.25, -0.2) is 4.99 Å². The van der Waals surface area contributed by atoms with Crippen LogP contribution in [-0.4, -0.2) is 33.7 Å². The Bertz CT molecular complexity index is 1150. The summed E-state index contributed by atoms with van der Waals surface area (Å²) in [5, 5.41) is 3.55. The Balaban J connectivity index is 1.54. The lowest BCUT2D eigenvalue weighted by atomic mass is 10.1. The molecule has 0 aromatic heterocycles. The van der Waals surface area contributed by atoms with Gasteiger partial charge in [0.25, 0.3) is 0 Å². The molecule has 1 unspecified atom stereocenters. The predicted octanol–water partition coefficient (Wildman–Crippen LogP) is 6.20. The third kappa shape index (κ3) is 6.38. The molecule has 4 rings (SSSR count). The lowest BCUT2D eigenvalue weighted by molar-refractivity contribution is -0.129. The Labute approximate surface area is 206 Å². The first-order chi connectivity index (χ1) is 16.0. The molecule has 1 atom stereocenters. The van der Waals surface area contributed by atoms with Crippen molar-refractivity contribution in [3.05, 3.63) is 94.5 Å². The molecular formula is C25H21Cl2N3O2S. The molecule has 5 nitrogen and oxygen atoms in total. The number of carbonyl (C=O) groups is 2. The molecule has 0 spiro atoms. The molecule has 1 saturated heterocycles. The Kier molecular flexibility index (Phi) is 7.70. The van der Waals surface area contributed by atoms with Crippen LogP contribution in [0.5, 0.6) is 0 Å². The number of para-hydroxylation sites is 1. The van der Waals surface area contributed by atoms with E-state index in [1.165, 1.54) is 11.8 Å². The average molecular weight is 498 g/mol. The van der Waals surface area contributed by atoms with E-state index in [4.69, 9.17) is 28.2 Å². The number of benzene rings is 3. The van der Waals surface area contributed by atoms with Crippen molar-refractivity contribution in [2.75, 3.05) is 11.9 Å². The smallest absolute Gasteiger partial charge is 0.238 e. The van der Waals surface area contributed by atoms with Crippen LogP contribution in [0.4, 0.5) is 11.4 Å². The molecule has 1 heterocycles. The van der Waals surface area contributed by atoms with Gasteiger partial charge in [0, 0.05) is 28.7 Å². The first-order valence-electron chi connectivity index (χ1n) is 10.4. The van der Waals surface area contributed by atoms with Gasteiger partial charge in [0.1, 0.15) is 5.25 Å². The number of amidine groups is 1. The molecule has 2 amide bonds. The molecule has 0 radical (unpaired) electrons. The van der Waals surface area contributed by atoms with Crippen LogP contribution in [0.2, 0.25) is 10.0 Å². The number of hydrogen-bond donors (Lipinski definition) is 1. The van der Waals surface area contributed by atoms with Crippen LogP contribution in [0, 0.1) is 0 Å². The van der Waals surface area contributed by atoms with Gasteiger partial charge in [0.2, 0.25) is 11.8 Å². The normalized spacial score (nSPS) is 17.3. The number of rotatable bonds is 6. The van der Waals surface area contributed by atoms with E-state index in [1.807, 2.05) is 60.7 Å². The highest BCUT2D eigenvalue weighted by Crippen LogP contribution is 2.31. The van der Waals surface area contributed by atoms with Gasteiger partial charge in [-0.1, -0.05) is 83.5 Å². The van der Waals surface area contributed by atoms with Gasteiger partial charge in [0.05, 0.1) is 5.69 Å². The number of carbonyl (C=O) groups excluding carboxylic acids is 2. The van der Waals surface area contributed by atoms with Crippen LogP contribution in [0.1, 0.15) is 12.0 Å². The van der Waals surface area contributed by atoms with Gasteiger partial charge in [-0.3, -0.25) is 14.5 Å². The molecule has 3 aromatic rings. The number of amides is 2. The van der Waals surface area contributed by atoms with Gasteiger partial charge in [-0.05, 0) is 42.3 Å². The third-order valence-corrected chi connectivity index (χ3v) is 6.63. The van der Waals surface area contributed by atoms with E-state index >= 15 is 0 Å². The van der Waals surface area contributed by atoms with E-state index in [2.05, 4.69) is 5.32 Å². The molecule has 1 fully saturated rings. The molecule has 1 aliphatic rings. The molecule has 0 aliphatic carbocycles. The van der Waals surface area contributed by atoms with Crippen molar-refractivity contribution in [2.45, 2.75) is 18.1 Å². The summed E-state index contributed by atoms with van der Waals surface area (Å²) in [7, 11) is 0. The topological polar surface area (TPSA) is 61.8 Å². The fourth-order valence-electron chi connectivity index (χ4n) is 3.41. The highest BCUT2D eigenvalue weighted by molar-refractivity contribution is 8.15. The van der Waals surface area contributed by atoms with Crippen molar-refractivity contribution in [3.8, 4) is 0 Å². The summed E-state index contributed by atoms with van der Waals surface area (Å²) in [6.45, 7) is 0.486. The summed E-state index contributed by atoms with van der Waals surface area (Å²) in [6, 6.07) is 24.2. The molecule has 1 aliphatic heterocycles. The molecule has 33 heavy (non-hydrogen) atoms. The number of anilines is 1. The monoisotopic (exact) mass is 497 g/mol. The Hall–Kier alpha value is -2.80. The summed E-state index contributed by atoms with van der Waals surface area (Å²) < 4.78 is 0. The van der Waals surface area contributed by atoms with Crippen LogP contribution in [0.15, 0.2) is 83.9 Å². The molecular weight excluding hydrogens is 477 g/mol. The minimum atomic E-state index is -0.620. The van der Waals surface area contributed by atoms with Crippen molar-refractivity contribution in [1.29, 1.82) is 0 Å². The summed E-state index contributed by atoms with van der Waals surface area (Å²) in [5.41, 5.74) is 2.34. The minimum Gasteiger partial charge on any atom is -0.325 e. The van der Waals surface area contributed by atoms with Gasteiger partial charge in [-0.2, -0.15) is 0 Å². The molecule has 3 aromatic carbocycles. The summed E-state index contributed by atoms with van der Waals surface area (Å²) in [4.78, 5) is 32.4. The fourth-order valence-corrected chi connectivity index (χ4v) is 5.06. The first kappa shape index (κ1) is 23.4. The van der Waals surface area contributed by atoms with Gasteiger partial charge in [0.15, 0.2) is 5.17 Å². The molecule has 1 N–H and O–H groups in total. The van der Waals surface area contributed by atoms with Crippen LogP contribution in [0.3, 0.4) is 0 Å². The number of thioether (sulfide) groups is 1. The molecule has 168 valence electrons. The number of halogens is 2. The minimum absolute atomic E-state index is 0.0768.